The summed E-state index contributed by atoms with van der Waals surface area (Å²) in [6, 6.07) is 6.61. The molecule has 1 aliphatic rings. The van der Waals surface area contributed by atoms with Crippen molar-refractivity contribution in [1.29, 1.82) is 0 Å². The Morgan fingerprint density at radius 3 is 2.73 bits per heavy atom. The average molecular weight is 480 g/mol. The van der Waals surface area contributed by atoms with Gasteiger partial charge in [-0.15, -0.1) is 4.99 Å². The lowest BCUT2D eigenvalue weighted by Gasteiger charge is -2.40. The molecular formula is C20H19ClFN5O6. The second-order valence-electron chi connectivity index (χ2n) is 7.36. The highest BCUT2D eigenvalue weighted by Gasteiger charge is 2.41. The van der Waals surface area contributed by atoms with Gasteiger partial charge in [-0.3, -0.25) is 19.8 Å². The number of benzene rings is 2. The quantitative estimate of drug-likeness (QED) is 0.433. The minimum Gasteiger partial charge on any atom is -0.495 e. The fourth-order valence-electron chi connectivity index (χ4n) is 3.42. The number of hydrogen-bond acceptors (Lipinski definition) is 6. The van der Waals surface area contributed by atoms with E-state index in [1.807, 2.05) is 0 Å². The van der Waals surface area contributed by atoms with Crippen LogP contribution in [-0.4, -0.2) is 47.0 Å². The highest BCUT2D eigenvalue weighted by molar-refractivity contribution is 6.32. The number of guanidine groups is 1. The molecule has 11 nitrogen and oxygen atoms in total. The van der Waals surface area contributed by atoms with Crippen molar-refractivity contribution in [1.82, 2.24) is 10.2 Å². The van der Waals surface area contributed by atoms with Crippen molar-refractivity contribution in [3.05, 3.63) is 56.8 Å². The van der Waals surface area contributed by atoms with Gasteiger partial charge in [-0.2, -0.15) is 0 Å². The molecular weight excluding hydrogens is 461 g/mol. The number of hydrogen-bond donors (Lipinski definition) is 3. The van der Waals surface area contributed by atoms with Crippen molar-refractivity contribution in [3.8, 4) is 5.75 Å². The third-order valence-electron chi connectivity index (χ3n) is 5.12. The molecule has 1 fully saturated rings. The first-order chi connectivity index (χ1) is 15.5. The van der Waals surface area contributed by atoms with Crippen molar-refractivity contribution >= 4 is 46.6 Å². The van der Waals surface area contributed by atoms with E-state index < -0.39 is 34.0 Å². The Morgan fingerprint density at radius 2 is 2.12 bits per heavy atom. The van der Waals surface area contributed by atoms with Gasteiger partial charge in [-0.1, -0.05) is 23.7 Å². The number of methoxy groups -OCH3 is 1. The average Bonchev–Trinajstić information content (AvgIpc) is 2.72. The van der Waals surface area contributed by atoms with Gasteiger partial charge in [-0.05, 0) is 19.1 Å². The van der Waals surface area contributed by atoms with E-state index in [0.29, 0.717) is 0 Å². The third kappa shape index (κ3) is 4.65. The van der Waals surface area contributed by atoms with Gasteiger partial charge in [0, 0.05) is 12.6 Å². The zero-order valence-electron chi connectivity index (χ0n) is 17.7. The Kier molecular flexibility index (Phi) is 6.40. The zero-order valence-corrected chi connectivity index (χ0v) is 18.4. The molecule has 0 unspecified atom stereocenters. The highest BCUT2D eigenvalue weighted by Crippen LogP contribution is 2.39. The number of carbonyl (C=O) groups excluding carboxylic acids is 1. The summed E-state index contributed by atoms with van der Waals surface area (Å²) in [6.45, 7) is 1.52. The van der Waals surface area contributed by atoms with E-state index in [1.54, 1.807) is 0 Å². The van der Waals surface area contributed by atoms with Gasteiger partial charge in [0.1, 0.15) is 11.4 Å². The molecule has 1 saturated heterocycles. The number of anilines is 2. The van der Waals surface area contributed by atoms with Crippen LogP contribution in [0.25, 0.3) is 0 Å². The lowest BCUT2D eigenvalue weighted by Crippen LogP contribution is -2.59. The number of ether oxygens (including phenoxy) is 1. The Hall–Kier alpha value is -3.93. The van der Waals surface area contributed by atoms with Crippen molar-refractivity contribution in [2.45, 2.75) is 18.9 Å². The Labute approximate surface area is 192 Å². The van der Waals surface area contributed by atoms with Crippen molar-refractivity contribution < 1.29 is 28.7 Å². The second-order valence-corrected chi connectivity index (χ2v) is 7.76. The largest absolute Gasteiger partial charge is 0.495 e. The van der Waals surface area contributed by atoms with Crippen LogP contribution in [0.1, 0.15) is 18.9 Å². The maximum atomic E-state index is 15.6. The van der Waals surface area contributed by atoms with Crippen molar-refractivity contribution in [2.24, 2.45) is 4.99 Å². The van der Waals surface area contributed by atoms with Crippen LogP contribution >= 0.6 is 11.6 Å². The number of carboxylic acid groups (broad SMARTS) is 1. The minimum atomic E-state index is -1.53. The van der Waals surface area contributed by atoms with Gasteiger partial charge in [0.05, 0.1) is 40.8 Å². The number of nitrogens with zero attached hydrogens (tertiary/aromatic N) is 3. The maximum Gasteiger partial charge on any atom is 0.434 e. The van der Waals surface area contributed by atoms with Crippen LogP contribution in [0.5, 0.6) is 5.75 Å². The van der Waals surface area contributed by atoms with Crippen LogP contribution in [0.3, 0.4) is 0 Å². The maximum absolute atomic E-state index is 15.6. The van der Waals surface area contributed by atoms with E-state index in [1.165, 1.54) is 45.3 Å². The van der Waals surface area contributed by atoms with Crippen molar-refractivity contribution in [2.75, 3.05) is 19.5 Å². The molecule has 0 radical (unpaired) electrons. The molecule has 2 aromatic carbocycles. The first kappa shape index (κ1) is 23.7. The van der Waals surface area contributed by atoms with Crippen LogP contribution in [0.4, 0.5) is 26.2 Å². The Balaban J connectivity index is 2.05. The summed E-state index contributed by atoms with van der Waals surface area (Å²) in [6.07, 6.45) is -1.72. The first-order valence-corrected chi connectivity index (χ1v) is 9.79. The molecule has 1 heterocycles. The minimum absolute atomic E-state index is 0.0225. The summed E-state index contributed by atoms with van der Waals surface area (Å²) >= 11 is 6.08. The molecule has 0 saturated carbocycles. The van der Waals surface area contributed by atoms with Gasteiger partial charge in [0.2, 0.25) is 11.9 Å². The molecule has 33 heavy (non-hydrogen) atoms. The van der Waals surface area contributed by atoms with E-state index >= 15 is 4.39 Å². The van der Waals surface area contributed by atoms with E-state index in [9.17, 15) is 19.7 Å². The predicted molar refractivity (Wildman–Crippen MR) is 118 cm³/mol. The lowest BCUT2D eigenvalue weighted by atomic mass is 9.86. The molecule has 3 N–H and O–H groups in total. The van der Waals surface area contributed by atoms with Crippen molar-refractivity contribution in [3.63, 3.8) is 0 Å². The molecule has 13 heteroatoms. The fourth-order valence-corrected chi connectivity index (χ4v) is 3.66. The van der Waals surface area contributed by atoms with E-state index in [0.717, 1.165) is 11.0 Å². The summed E-state index contributed by atoms with van der Waals surface area (Å²) in [5, 5.41) is 26.0. The molecule has 174 valence electrons. The molecule has 2 amide bonds. The van der Waals surface area contributed by atoms with Crippen LogP contribution in [0.15, 0.2) is 35.3 Å². The first-order valence-electron chi connectivity index (χ1n) is 9.41. The number of nitrogens with one attached hydrogen (secondary N) is 2. The van der Waals surface area contributed by atoms with Gasteiger partial charge in [0.25, 0.3) is 5.69 Å². The second kappa shape index (κ2) is 8.90. The Morgan fingerprint density at radius 1 is 1.42 bits per heavy atom. The summed E-state index contributed by atoms with van der Waals surface area (Å²) in [5.74, 6) is -1.46. The number of carbonyl (C=O) groups is 2. The fraction of sp³-hybridized carbons (Fsp3) is 0.250. The number of amides is 2. The summed E-state index contributed by atoms with van der Waals surface area (Å²) in [4.78, 5) is 38.7. The van der Waals surface area contributed by atoms with Gasteiger partial charge < -0.3 is 20.5 Å². The molecule has 3 rings (SSSR count). The van der Waals surface area contributed by atoms with E-state index in [-0.39, 0.29) is 40.1 Å². The van der Waals surface area contributed by atoms with Gasteiger partial charge in [-0.25, -0.2) is 9.18 Å². The standard InChI is InChI=1S/C20H19ClFN5O6/c1-20(9-16(28)26(2)18(25-20)24-19(29)30)10-5-4-6-12(17(10)22)23-13-7-11(21)15(33-3)8-14(13)27(31)32/h4-8,23H,9H2,1-3H3,(H,24,25)(H,29,30)/t20-/m0/s1. The monoisotopic (exact) mass is 479 g/mol. The number of nitro benzene ring substituents is 1. The topological polar surface area (TPSA) is 146 Å². The number of aliphatic imine (C=N–C) groups is 1. The third-order valence-corrected chi connectivity index (χ3v) is 5.41. The summed E-state index contributed by atoms with van der Waals surface area (Å²) < 4.78 is 20.6. The number of rotatable bonds is 5. The predicted octanol–water partition coefficient (Wildman–Crippen LogP) is 3.84. The molecule has 0 aromatic heterocycles. The molecule has 1 atom stereocenters. The van der Waals surface area contributed by atoms with Crippen LogP contribution in [0, 0.1) is 15.9 Å². The smallest absolute Gasteiger partial charge is 0.434 e. The van der Waals surface area contributed by atoms with Gasteiger partial charge in [0.15, 0.2) is 5.82 Å². The van der Waals surface area contributed by atoms with Crippen LogP contribution < -0.4 is 15.4 Å². The SMILES string of the molecule is COc1cc([N+](=O)[O-])c(Nc2cccc([C@]3(C)CC(=O)N(C)/C(=N/C(=O)O)N3)c2F)cc1Cl. The summed E-state index contributed by atoms with van der Waals surface area (Å²) in [7, 11) is 2.65. The molecule has 0 aliphatic carbocycles. The Bertz CT molecular complexity index is 1190. The number of halogens is 2. The molecule has 1 aliphatic heterocycles. The lowest BCUT2D eigenvalue weighted by molar-refractivity contribution is -0.384. The summed E-state index contributed by atoms with van der Waals surface area (Å²) in [5.41, 5.74) is -1.91. The molecule has 0 spiro atoms. The van der Waals surface area contributed by atoms with Crippen LogP contribution in [-0.2, 0) is 10.3 Å². The highest BCUT2D eigenvalue weighted by atomic mass is 35.5. The normalized spacial score (nSPS) is 19.2. The van der Waals surface area contributed by atoms with Gasteiger partial charge >= 0.3 is 6.09 Å². The zero-order chi connectivity index (χ0) is 24.5. The van der Waals surface area contributed by atoms with E-state index in [2.05, 4.69) is 15.6 Å². The van der Waals surface area contributed by atoms with E-state index in [4.69, 9.17) is 21.4 Å². The molecule has 2 aromatic rings. The molecule has 0 bridgehead atoms. The number of nitro groups is 1. The van der Waals surface area contributed by atoms with Crippen LogP contribution in [0.2, 0.25) is 5.02 Å².